The monoisotopic (exact) mass is 538 g/mol. The van der Waals surface area contributed by atoms with Gasteiger partial charge in [-0.3, -0.25) is 23.6 Å². The summed E-state index contributed by atoms with van der Waals surface area (Å²) in [5.41, 5.74) is -0.418. The molecular weight excluding hydrogens is 509 g/mol. The van der Waals surface area contributed by atoms with Crippen LogP contribution in [0, 0.1) is 0 Å². The summed E-state index contributed by atoms with van der Waals surface area (Å²) in [6.45, 7) is 3.89. The van der Waals surface area contributed by atoms with Crippen LogP contribution in [0.25, 0.3) is 10.9 Å². The molecule has 37 heavy (non-hydrogen) atoms. The van der Waals surface area contributed by atoms with Crippen LogP contribution in [0.1, 0.15) is 31.2 Å². The molecule has 3 heterocycles. The number of alkyl halides is 3. The minimum Gasteiger partial charge on any atom is -0.481 e. The smallest absolute Gasteiger partial charge is 0.416 e. The number of carbonyl (C=O) groups is 1. The zero-order chi connectivity index (χ0) is 26.6. The molecule has 200 valence electrons. The molecule has 1 aliphatic heterocycles. The lowest BCUT2D eigenvalue weighted by Gasteiger charge is -2.36. The van der Waals surface area contributed by atoms with Crippen molar-refractivity contribution in [1.82, 2.24) is 14.0 Å². The quantitative estimate of drug-likeness (QED) is 0.396. The number of rotatable bonds is 10. The second kappa shape index (κ2) is 11.5. The van der Waals surface area contributed by atoms with E-state index < -0.39 is 23.4 Å². The van der Waals surface area contributed by atoms with Crippen LogP contribution in [-0.2, 0) is 24.1 Å². The van der Waals surface area contributed by atoms with Crippen molar-refractivity contribution in [3.63, 3.8) is 0 Å². The predicted molar refractivity (Wildman–Crippen MR) is 137 cm³/mol. The Labute approximate surface area is 215 Å². The molecule has 1 fully saturated rings. The fourth-order valence-electron chi connectivity index (χ4n) is 4.65. The minimum absolute atomic E-state index is 0.00809. The van der Waals surface area contributed by atoms with Gasteiger partial charge in [-0.1, -0.05) is 12.5 Å². The van der Waals surface area contributed by atoms with E-state index in [-0.39, 0.29) is 25.1 Å². The van der Waals surface area contributed by atoms with Gasteiger partial charge in [-0.05, 0) is 37.6 Å². The summed E-state index contributed by atoms with van der Waals surface area (Å²) in [4.78, 5) is 40.9. The molecule has 0 amide bonds. The molecule has 0 saturated carbocycles. The zero-order valence-corrected chi connectivity index (χ0v) is 21.1. The number of anilines is 1. The van der Waals surface area contributed by atoms with Crippen molar-refractivity contribution in [3.05, 3.63) is 61.4 Å². The van der Waals surface area contributed by atoms with Gasteiger partial charge in [-0.15, -0.1) is 11.3 Å². The van der Waals surface area contributed by atoms with E-state index in [1.807, 2.05) is 4.90 Å². The Morgan fingerprint density at radius 1 is 0.946 bits per heavy atom. The van der Waals surface area contributed by atoms with Crippen LogP contribution >= 0.6 is 11.3 Å². The number of aliphatic carboxylic acids is 1. The van der Waals surface area contributed by atoms with Gasteiger partial charge in [0.2, 0.25) is 0 Å². The Kier molecular flexibility index (Phi) is 8.38. The van der Waals surface area contributed by atoms with Crippen molar-refractivity contribution in [2.24, 2.45) is 0 Å². The van der Waals surface area contributed by atoms with Crippen LogP contribution in [0.5, 0.6) is 0 Å². The first-order chi connectivity index (χ1) is 17.6. The maximum absolute atomic E-state index is 13.0. The third kappa shape index (κ3) is 6.42. The molecule has 4 rings (SSSR count). The number of fused-ring (bicyclic) bond motifs is 1. The van der Waals surface area contributed by atoms with Crippen LogP contribution in [0.15, 0.2) is 44.6 Å². The second-order valence-electron chi connectivity index (χ2n) is 9.14. The molecule has 0 atom stereocenters. The van der Waals surface area contributed by atoms with E-state index in [1.54, 1.807) is 16.8 Å². The van der Waals surface area contributed by atoms with E-state index in [4.69, 9.17) is 5.11 Å². The topological polar surface area (TPSA) is 87.8 Å². The fourth-order valence-corrected chi connectivity index (χ4v) is 5.46. The fraction of sp³-hybridized carbons (Fsp3) is 0.480. The molecule has 0 unspecified atom stereocenters. The number of hydrogen-bond donors (Lipinski definition) is 1. The van der Waals surface area contributed by atoms with E-state index in [0.29, 0.717) is 36.1 Å². The number of piperazine rings is 1. The molecule has 0 radical (unpaired) electrons. The van der Waals surface area contributed by atoms with Crippen molar-refractivity contribution < 1.29 is 23.1 Å². The van der Waals surface area contributed by atoms with Gasteiger partial charge < -0.3 is 10.0 Å². The van der Waals surface area contributed by atoms with Crippen molar-refractivity contribution >= 4 is 33.9 Å². The lowest BCUT2D eigenvalue weighted by atomic mass is 10.1. The first-order valence-electron chi connectivity index (χ1n) is 12.2. The van der Waals surface area contributed by atoms with Crippen molar-refractivity contribution in [3.8, 4) is 0 Å². The average Bonchev–Trinajstić information content (AvgIpc) is 3.35. The summed E-state index contributed by atoms with van der Waals surface area (Å²) in [6, 6.07) is 5.42. The Bertz CT molecular complexity index is 1360. The average molecular weight is 539 g/mol. The highest BCUT2D eigenvalue weighted by molar-refractivity contribution is 7.09. The van der Waals surface area contributed by atoms with Gasteiger partial charge in [0.1, 0.15) is 0 Å². The van der Waals surface area contributed by atoms with Crippen molar-refractivity contribution in [1.29, 1.82) is 0 Å². The molecule has 0 spiro atoms. The van der Waals surface area contributed by atoms with E-state index >= 15 is 0 Å². The van der Waals surface area contributed by atoms with Gasteiger partial charge in [0, 0.05) is 55.7 Å². The Balaban J connectivity index is 1.26. The maximum Gasteiger partial charge on any atom is 0.416 e. The van der Waals surface area contributed by atoms with Crippen LogP contribution in [-0.4, -0.2) is 57.8 Å². The van der Waals surface area contributed by atoms with Crippen LogP contribution in [0.4, 0.5) is 18.9 Å². The van der Waals surface area contributed by atoms with Gasteiger partial charge in [0.25, 0.3) is 5.56 Å². The number of carboxylic acid groups (broad SMARTS) is 1. The van der Waals surface area contributed by atoms with Crippen molar-refractivity contribution in [2.45, 2.75) is 44.9 Å². The maximum atomic E-state index is 13.0. The summed E-state index contributed by atoms with van der Waals surface area (Å²) >= 11 is 1.30. The SMILES string of the molecule is O=C(O)CCn1c(=O)n(CCCCCN2CCN(c3cccc(C(F)(F)F)c3)CC2)c(=O)c2cscc21. The highest BCUT2D eigenvalue weighted by atomic mass is 32.1. The number of aromatic nitrogens is 2. The third-order valence-corrected chi connectivity index (χ3v) is 7.42. The number of halogens is 3. The molecule has 12 heteroatoms. The summed E-state index contributed by atoms with van der Waals surface area (Å²) < 4.78 is 41.6. The number of thiophene rings is 1. The molecule has 1 aliphatic rings. The molecule has 1 aromatic carbocycles. The molecule has 2 aromatic heterocycles. The van der Waals surface area contributed by atoms with E-state index in [1.165, 1.54) is 32.6 Å². The molecular formula is C25H29F3N4O4S. The van der Waals surface area contributed by atoms with Gasteiger partial charge >= 0.3 is 17.8 Å². The summed E-state index contributed by atoms with van der Waals surface area (Å²) in [5.74, 6) is -1.01. The van der Waals surface area contributed by atoms with Crippen molar-refractivity contribution in [2.75, 3.05) is 37.6 Å². The number of benzene rings is 1. The molecule has 8 nitrogen and oxygen atoms in total. The minimum atomic E-state index is -4.36. The Morgan fingerprint density at radius 2 is 1.68 bits per heavy atom. The summed E-state index contributed by atoms with van der Waals surface area (Å²) in [6.07, 6.45) is -2.26. The molecule has 1 N–H and O–H groups in total. The van der Waals surface area contributed by atoms with Crippen LogP contribution < -0.4 is 16.1 Å². The molecule has 0 bridgehead atoms. The molecule has 3 aromatic rings. The number of unbranched alkanes of at least 4 members (excludes halogenated alkanes) is 2. The summed E-state index contributed by atoms with van der Waals surface area (Å²) in [7, 11) is 0. The Morgan fingerprint density at radius 3 is 2.38 bits per heavy atom. The van der Waals surface area contributed by atoms with E-state index in [2.05, 4.69) is 4.90 Å². The predicted octanol–water partition coefficient (Wildman–Crippen LogP) is 3.71. The first-order valence-corrected chi connectivity index (χ1v) is 13.2. The van der Waals surface area contributed by atoms with Crippen LogP contribution in [0.3, 0.4) is 0 Å². The number of nitrogens with zero attached hydrogens (tertiary/aromatic N) is 4. The zero-order valence-electron chi connectivity index (χ0n) is 20.2. The largest absolute Gasteiger partial charge is 0.481 e. The van der Waals surface area contributed by atoms with Gasteiger partial charge in [-0.2, -0.15) is 13.2 Å². The lowest BCUT2D eigenvalue weighted by molar-refractivity contribution is -0.138. The van der Waals surface area contributed by atoms with Gasteiger partial charge in [0.05, 0.1) is 22.9 Å². The van der Waals surface area contributed by atoms with Gasteiger partial charge in [-0.25, -0.2) is 4.79 Å². The lowest BCUT2D eigenvalue weighted by Crippen LogP contribution is -2.46. The van der Waals surface area contributed by atoms with E-state index in [9.17, 15) is 27.6 Å². The number of hydrogen-bond acceptors (Lipinski definition) is 6. The van der Waals surface area contributed by atoms with E-state index in [0.717, 1.165) is 38.5 Å². The Hall–Kier alpha value is -3.12. The normalized spacial score (nSPS) is 14.9. The molecule has 1 saturated heterocycles. The number of aryl methyl sites for hydroxylation is 1. The van der Waals surface area contributed by atoms with Gasteiger partial charge in [0.15, 0.2) is 0 Å². The second-order valence-corrected chi connectivity index (χ2v) is 9.89. The number of carboxylic acids is 1. The summed E-state index contributed by atoms with van der Waals surface area (Å²) in [5, 5.41) is 12.8. The highest BCUT2D eigenvalue weighted by Gasteiger charge is 2.31. The third-order valence-electron chi connectivity index (χ3n) is 6.69. The standard InChI is InChI=1S/C25H29F3N4O4S/c26-25(27,28)18-5-4-6-19(15-18)30-13-11-29(12-14-30)8-2-1-3-9-32-23(35)20-16-37-17-21(20)31(24(32)36)10-7-22(33)34/h4-6,15-17H,1-3,7-14H2,(H,33,34). The highest BCUT2D eigenvalue weighted by Crippen LogP contribution is 2.31. The first kappa shape index (κ1) is 26.9. The molecule has 0 aliphatic carbocycles. The van der Waals surface area contributed by atoms with Crippen LogP contribution in [0.2, 0.25) is 0 Å².